The molecule has 5 rings (SSSR count). The van der Waals surface area contributed by atoms with Crippen LogP contribution in [0.4, 0.5) is 5.69 Å². The van der Waals surface area contributed by atoms with Crippen molar-refractivity contribution in [1.82, 2.24) is 19.4 Å². The molecule has 172 valence electrons. The molecular weight excluding hydrogens is 434 g/mol. The number of nitro benzene ring substituents is 1. The molecule has 0 aliphatic carbocycles. The van der Waals surface area contributed by atoms with Crippen molar-refractivity contribution in [1.29, 1.82) is 0 Å². The molecule has 9 heteroatoms. The molecule has 0 atom stereocenters. The lowest BCUT2D eigenvalue weighted by atomic mass is 10.0. The summed E-state index contributed by atoms with van der Waals surface area (Å²) in [7, 11) is 0. The highest BCUT2D eigenvalue weighted by Gasteiger charge is 2.22. The molecule has 0 radical (unpaired) electrons. The van der Waals surface area contributed by atoms with E-state index >= 15 is 0 Å². The van der Waals surface area contributed by atoms with Crippen LogP contribution in [0.3, 0.4) is 0 Å². The Hall–Kier alpha value is -4.11. The van der Waals surface area contributed by atoms with Crippen molar-refractivity contribution in [2.24, 2.45) is 0 Å². The molecule has 1 aromatic heterocycles. The number of aromatic nitrogens is 2. The lowest BCUT2D eigenvalue weighted by Gasteiger charge is -2.35. The first-order chi connectivity index (χ1) is 16.5. The quantitative estimate of drug-likeness (QED) is 0.337. The number of benzene rings is 3. The van der Waals surface area contributed by atoms with Crippen LogP contribution in [0.1, 0.15) is 5.56 Å². The molecule has 1 amide bonds. The Labute approximate surface area is 195 Å². The van der Waals surface area contributed by atoms with Gasteiger partial charge in [0, 0.05) is 44.9 Å². The van der Waals surface area contributed by atoms with Gasteiger partial charge in [0.15, 0.2) is 0 Å². The Morgan fingerprint density at radius 3 is 2.53 bits per heavy atom. The van der Waals surface area contributed by atoms with Crippen LogP contribution in [-0.2, 0) is 17.9 Å². The summed E-state index contributed by atoms with van der Waals surface area (Å²) in [5.74, 6) is -0.144. The lowest BCUT2D eigenvalue weighted by molar-refractivity contribution is -0.384. The van der Waals surface area contributed by atoms with Crippen molar-refractivity contribution in [3.8, 4) is 0 Å². The van der Waals surface area contributed by atoms with Crippen LogP contribution in [0.15, 0.2) is 71.8 Å². The van der Waals surface area contributed by atoms with Gasteiger partial charge in [-0.3, -0.25) is 29.2 Å². The molecule has 3 aromatic carbocycles. The minimum absolute atomic E-state index is 0.109. The summed E-state index contributed by atoms with van der Waals surface area (Å²) in [6.07, 6.45) is 1.28. The van der Waals surface area contributed by atoms with Gasteiger partial charge >= 0.3 is 0 Å². The summed E-state index contributed by atoms with van der Waals surface area (Å²) in [5.41, 5.74) is 0.995. The average molecular weight is 457 g/mol. The predicted molar refractivity (Wildman–Crippen MR) is 128 cm³/mol. The first kappa shape index (κ1) is 21.7. The number of amides is 1. The van der Waals surface area contributed by atoms with E-state index in [0.29, 0.717) is 13.1 Å². The van der Waals surface area contributed by atoms with E-state index < -0.39 is 4.92 Å². The molecule has 4 aromatic rings. The minimum Gasteiger partial charge on any atom is -0.339 e. The Bertz CT molecular complexity index is 1450. The molecule has 0 unspecified atom stereocenters. The van der Waals surface area contributed by atoms with Gasteiger partial charge in [0.1, 0.15) is 6.54 Å². The van der Waals surface area contributed by atoms with Gasteiger partial charge in [-0.25, -0.2) is 4.98 Å². The first-order valence-corrected chi connectivity index (χ1v) is 11.1. The van der Waals surface area contributed by atoms with Crippen LogP contribution < -0.4 is 5.56 Å². The molecule has 0 spiro atoms. The normalized spacial score (nSPS) is 14.5. The molecule has 1 aliphatic rings. The second-order valence-electron chi connectivity index (χ2n) is 8.43. The SMILES string of the molecule is O=C(Cn1cnc2cc([N+](=O)[O-])ccc2c1=O)N1CCN(Cc2cccc3ccccc23)CC1. The van der Waals surface area contributed by atoms with Gasteiger partial charge in [-0.05, 0) is 22.4 Å². The van der Waals surface area contributed by atoms with Gasteiger partial charge in [-0.1, -0.05) is 42.5 Å². The number of nitrogens with zero attached hydrogens (tertiary/aromatic N) is 5. The van der Waals surface area contributed by atoms with Gasteiger partial charge in [-0.2, -0.15) is 0 Å². The molecule has 0 N–H and O–H groups in total. The Morgan fingerprint density at radius 2 is 1.74 bits per heavy atom. The highest BCUT2D eigenvalue weighted by atomic mass is 16.6. The second-order valence-corrected chi connectivity index (χ2v) is 8.43. The van der Waals surface area contributed by atoms with Gasteiger partial charge in [0.25, 0.3) is 11.2 Å². The fourth-order valence-electron chi connectivity index (χ4n) is 4.45. The number of non-ortho nitro benzene ring substituents is 1. The smallest absolute Gasteiger partial charge is 0.271 e. The Kier molecular flexibility index (Phi) is 5.77. The molecule has 1 aliphatic heterocycles. The molecule has 1 fully saturated rings. The molecule has 2 heterocycles. The maximum Gasteiger partial charge on any atom is 0.271 e. The van der Waals surface area contributed by atoms with Crippen LogP contribution >= 0.6 is 0 Å². The van der Waals surface area contributed by atoms with Crippen LogP contribution in [0.25, 0.3) is 21.7 Å². The summed E-state index contributed by atoms with van der Waals surface area (Å²) in [4.78, 5) is 44.3. The van der Waals surface area contributed by atoms with E-state index in [1.807, 2.05) is 12.1 Å². The van der Waals surface area contributed by atoms with Crippen LogP contribution in [-0.4, -0.2) is 56.4 Å². The lowest BCUT2D eigenvalue weighted by Crippen LogP contribution is -2.49. The van der Waals surface area contributed by atoms with Crippen molar-refractivity contribution in [3.63, 3.8) is 0 Å². The van der Waals surface area contributed by atoms with E-state index in [2.05, 4.69) is 40.2 Å². The number of piperazine rings is 1. The molecule has 9 nitrogen and oxygen atoms in total. The molecule has 0 saturated carbocycles. The maximum atomic E-state index is 12.9. The molecular formula is C25H23N5O4. The minimum atomic E-state index is -0.532. The highest BCUT2D eigenvalue weighted by molar-refractivity contribution is 5.85. The standard InChI is InChI=1S/C25H23N5O4/c31-24(16-29-17-26-23-14-20(30(33)34)8-9-22(23)25(29)32)28-12-10-27(11-13-28)15-19-6-3-5-18-4-1-2-7-21(18)19/h1-9,14,17H,10-13,15-16H2. The van der Waals surface area contributed by atoms with E-state index in [0.717, 1.165) is 19.6 Å². The zero-order valence-electron chi connectivity index (χ0n) is 18.5. The third-order valence-corrected chi connectivity index (χ3v) is 6.32. The predicted octanol–water partition coefficient (Wildman–Crippen LogP) is 2.80. The topological polar surface area (TPSA) is 102 Å². The summed E-state index contributed by atoms with van der Waals surface area (Å²) >= 11 is 0. The van der Waals surface area contributed by atoms with E-state index in [9.17, 15) is 19.7 Å². The highest BCUT2D eigenvalue weighted by Crippen LogP contribution is 2.21. The maximum absolute atomic E-state index is 12.9. The van der Waals surface area contributed by atoms with Crippen molar-refractivity contribution in [2.75, 3.05) is 26.2 Å². The summed E-state index contributed by atoms with van der Waals surface area (Å²) in [6.45, 7) is 3.40. The zero-order valence-corrected chi connectivity index (χ0v) is 18.5. The number of hydrogen-bond donors (Lipinski definition) is 0. The van der Waals surface area contributed by atoms with Gasteiger partial charge < -0.3 is 4.90 Å². The van der Waals surface area contributed by atoms with E-state index in [1.54, 1.807) is 4.90 Å². The second kappa shape index (κ2) is 9.03. The number of fused-ring (bicyclic) bond motifs is 2. The van der Waals surface area contributed by atoms with Crippen LogP contribution in [0.2, 0.25) is 0 Å². The fourth-order valence-corrected chi connectivity index (χ4v) is 4.45. The largest absolute Gasteiger partial charge is 0.339 e. The third-order valence-electron chi connectivity index (χ3n) is 6.32. The molecule has 1 saturated heterocycles. The number of carbonyl (C=O) groups excluding carboxylic acids is 1. The number of rotatable bonds is 5. The van der Waals surface area contributed by atoms with Crippen molar-refractivity contribution < 1.29 is 9.72 Å². The van der Waals surface area contributed by atoms with E-state index in [1.165, 1.54) is 45.4 Å². The summed E-state index contributed by atoms with van der Waals surface area (Å²) < 4.78 is 1.26. The third kappa shape index (κ3) is 4.25. The van der Waals surface area contributed by atoms with Crippen LogP contribution in [0.5, 0.6) is 0 Å². The van der Waals surface area contributed by atoms with Crippen LogP contribution in [0, 0.1) is 10.1 Å². The molecule has 0 bridgehead atoms. The number of nitro groups is 1. The van der Waals surface area contributed by atoms with E-state index in [4.69, 9.17) is 0 Å². The van der Waals surface area contributed by atoms with Crippen molar-refractivity contribution >= 4 is 33.3 Å². The number of carbonyl (C=O) groups is 1. The molecule has 34 heavy (non-hydrogen) atoms. The summed E-state index contributed by atoms with van der Waals surface area (Å²) in [6, 6.07) is 18.6. The van der Waals surface area contributed by atoms with Crippen molar-refractivity contribution in [3.05, 3.63) is 93.0 Å². The zero-order chi connectivity index (χ0) is 23.7. The average Bonchev–Trinajstić information content (AvgIpc) is 2.86. The van der Waals surface area contributed by atoms with Gasteiger partial charge in [0.05, 0.1) is 22.2 Å². The monoisotopic (exact) mass is 457 g/mol. The Balaban J connectivity index is 1.23. The fraction of sp³-hybridized carbons (Fsp3) is 0.240. The van der Waals surface area contributed by atoms with Gasteiger partial charge in [-0.15, -0.1) is 0 Å². The number of hydrogen-bond acceptors (Lipinski definition) is 6. The Morgan fingerprint density at radius 1 is 0.971 bits per heavy atom. The van der Waals surface area contributed by atoms with Crippen molar-refractivity contribution in [2.45, 2.75) is 13.1 Å². The van der Waals surface area contributed by atoms with Gasteiger partial charge in [0.2, 0.25) is 5.91 Å². The van der Waals surface area contributed by atoms with E-state index in [-0.39, 0.29) is 34.6 Å². The first-order valence-electron chi connectivity index (χ1n) is 11.1. The summed E-state index contributed by atoms with van der Waals surface area (Å²) in [5, 5.41) is 13.7.